The lowest BCUT2D eigenvalue weighted by atomic mass is 9.96. The summed E-state index contributed by atoms with van der Waals surface area (Å²) in [4.78, 5) is 28.7. The fraction of sp³-hybridized carbons (Fsp3) is 0.722. The molecule has 3 rings (SSSR count). The van der Waals surface area contributed by atoms with Crippen molar-refractivity contribution < 1.29 is 9.59 Å². The van der Waals surface area contributed by atoms with Gasteiger partial charge in [-0.05, 0) is 45.2 Å². The Morgan fingerprint density at radius 1 is 1.24 bits per heavy atom. The molecule has 25 heavy (non-hydrogen) atoms. The van der Waals surface area contributed by atoms with Crippen molar-refractivity contribution in [3.05, 3.63) is 18.5 Å². The van der Waals surface area contributed by atoms with E-state index >= 15 is 0 Å². The molecule has 0 aliphatic carbocycles. The Hall–Kier alpha value is -1.89. The Kier molecular flexibility index (Phi) is 5.73. The first-order valence-corrected chi connectivity index (χ1v) is 9.37. The fourth-order valence-electron chi connectivity index (χ4n) is 4.17. The lowest BCUT2D eigenvalue weighted by molar-refractivity contribution is -0.141. The molecule has 2 saturated heterocycles. The van der Waals surface area contributed by atoms with E-state index in [1.807, 2.05) is 28.8 Å². The lowest BCUT2D eigenvalue weighted by Gasteiger charge is -2.42. The summed E-state index contributed by atoms with van der Waals surface area (Å²) in [5, 5.41) is 4.31. The van der Waals surface area contributed by atoms with E-state index in [9.17, 15) is 9.59 Å². The van der Waals surface area contributed by atoms with Crippen LogP contribution in [0.15, 0.2) is 18.5 Å². The number of carbonyl (C=O) groups is 2. The van der Waals surface area contributed by atoms with Crippen LogP contribution in [0.3, 0.4) is 0 Å². The molecule has 3 heterocycles. The molecule has 0 spiro atoms. The Morgan fingerprint density at radius 2 is 2.08 bits per heavy atom. The van der Waals surface area contributed by atoms with Gasteiger partial charge >= 0.3 is 0 Å². The minimum Gasteiger partial charge on any atom is -0.369 e. The standard InChI is InChI=1S/C18H29N5O2/c1-14(18(25)21-9-4-6-15(12-21)17(19)24)23-11-3-2-7-16(23)13-22-10-5-8-20-22/h5,8,10,14-16H,2-4,6-7,9,11-13H2,1H3,(H2,19,24)/t14-,15-,16+/m1/s1. The normalized spacial score (nSPS) is 26.4. The van der Waals surface area contributed by atoms with E-state index in [1.54, 1.807) is 6.20 Å². The predicted octanol–water partition coefficient (Wildman–Crippen LogP) is 0.850. The second-order valence-electron chi connectivity index (χ2n) is 7.32. The van der Waals surface area contributed by atoms with Crippen LogP contribution in [0.1, 0.15) is 39.0 Å². The highest BCUT2D eigenvalue weighted by molar-refractivity contribution is 5.83. The average molecular weight is 347 g/mol. The van der Waals surface area contributed by atoms with Crippen molar-refractivity contribution in [2.75, 3.05) is 19.6 Å². The van der Waals surface area contributed by atoms with E-state index in [2.05, 4.69) is 10.00 Å². The molecule has 0 unspecified atom stereocenters. The van der Waals surface area contributed by atoms with E-state index in [4.69, 9.17) is 5.73 Å². The maximum Gasteiger partial charge on any atom is 0.239 e. The summed E-state index contributed by atoms with van der Waals surface area (Å²) in [6.45, 7) is 4.94. The van der Waals surface area contributed by atoms with Gasteiger partial charge in [-0.25, -0.2) is 0 Å². The van der Waals surface area contributed by atoms with Crippen LogP contribution in [0, 0.1) is 5.92 Å². The van der Waals surface area contributed by atoms with Crippen LogP contribution in [0.5, 0.6) is 0 Å². The molecule has 7 nitrogen and oxygen atoms in total. The van der Waals surface area contributed by atoms with Crippen molar-refractivity contribution in [2.24, 2.45) is 11.7 Å². The summed E-state index contributed by atoms with van der Waals surface area (Å²) >= 11 is 0. The molecule has 7 heteroatoms. The molecule has 138 valence electrons. The fourth-order valence-corrected chi connectivity index (χ4v) is 4.17. The molecular formula is C18H29N5O2. The smallest absolute Gasteiger partial charge is 0.239 e. The van der Waals surface area contributed by atoms with Gasteiger partial charge in [0.15, 0.2) is 0 Å². The van der Waals surface area contributed by atoms with Crippen molar-refractivity contribution >= 4 is 11.8 Å². The van der Waals surface area contributed by atoms with Gasteiger partial charge in [0, 0.05) is 31.5 Å². The zero-order valence-electron chi connectivity index (χ0n) is 15.0. The van der Waals surface area contributed by atoms with Crippen molar-refractivity contribution in [1.82, 2.24) is 19.6 Å². The number of nitrogens with zero attached hydrogens (tertiary/aromatic N) is 4. The third kappa shape index (κ3) is 4.21. The maximum absolute atomic E-state index is 13.0. The first kappa shape index (κ1) is 17.9. The molecule has 0 radical (unpaired) electrons. The summed E-state index contributed by atoms with van der Waals surface area (Å²) in [5.41, 5.74) is 5.45. The summed E-state index contributed by atoms with van der Waals surface area (Å²) in [7, 11) is 0. The second kappa shape index (κ2) is 7.99. The molecule has 1 aromatic rings. The number of likely N-dealkylation sites (tertiary alicyclic amines) is 2. The number of nitrogens with two attached hydrogens (primary N) is 1. The highest BCUT2D eigenvalue weighted by Gasteiger charge is 2.35. The Bertz CT molecular complexity index is 588. The van der Waals surface area contributed by atoms with Gasteiger partial charge in [-0.3, -0.25) is 19.2 Å². The van der Waals surface area contributed by atoms with Crippen LogP contribution in [-0.2, 0) is 16.1 Å². The summed E-state index contributed by atoms with van der Waals surface area (Å²) in [5.74, 6) is -0.371. The van der Waals surface area contributed by atoms with E-state index in [-0.39, 0.29) is 23.8 Å². The number of amides is 2. The predicted molar refractivity (Wildman–Crippen MR) is 94.5 cm³/mol. The Balaban J connectivity index is 1.65. The molecule has 3 atom stereocenters. The number of hydrogen-bond acceptors (Lipinski definition) is 4. The van der Waals surface area contributed by atoms with Crippen molar-refractivity contribution in [1.29, 1.82) is 0 Å². The zero-order valence-corrected chi connectivity index (χ0v) is 15.0. The first-order valence-electron chi connectivity index (χ1n) is 9.37. The number of piperidine rings is 2. The molecule has 2 amide bonds. The maximum atomic E-state index is 13.0. The average Bonchev–Trinajstić information content (AvgIpc) is 3.14. The molecule has 0 saturated carbocycles. The quantitative estimate of drug-likeness (QED) is 0.856. The lowest BCUT2D eigenvalue weighted by Crippen LogP contribution is -2.55. The van der Waals surface area contributed by atoms with Gasteiger partial charge in [0.25, 0.3) is 0 Å². The molecule has 2 fully saturated rings. The van der Waals surface area contributed by atoms with E-state index < -0.39 is 0 Å². The summed E-state index contributed by atoms with van der Waals surface area (Å²) in [6, 6.07) is 2.08. The van der Waals surface area contributed by atoms with E-state index in [1.165, 1.54) is 6.42 Å². The molecule has 0 aromatic carbocycles. The van der Waals surface area contributed by atoms with E-state index in [0.29, 0.717) is 12.6 Å². The Labute approximate surface area is 149 Å². The van der Waals surface area contributed by atoms with Crippen LogP contribution >= 0.6 is 0 Å². The SMILES string of the molecule is C[C@H](C(=O)N1CCC[C@@H](C(N)=O)C1)N1CCCC[C@H]1Cn1cccn1. The van der Waals surface area contributed by atoms with Gasteiger partial charge in [-0.15, -0.1) is 0 Å². The molecule has 0 bridgehead atoms. The van der Waals surface area contributed by atoms with E-state index in [0.717, 1.165) is 45.3 Å². The van der Waals surface area contributed by atoms with Crippen LogP contribution < -0.4 is 5.73 Å². The highest BCUT2D eigenvalue weighted by atomic mass is 16.2. The number of aromatic nitrogens is 2. The van der Waals surface area contributed by atoms with Gasteiger partial charge < -0.3 is 10.6 Å². The number of rotatable bonds is 5. The first-order chi connectivity index (χ1) is 12.1. The second-order valence-corrected chi connectivity index (χ2v) is 7.32. The zero-order chi connectivity index (χ0) is 17.8. The third-order valence-electron chi connectivity index (χ3n) is 5.62. The van der Waals surface area contributed by atoms with Crippen molar-refractivity contribution in [3.63, 3.8) is 0 Å². The number of carbonyl (C=O) groups excluding carboxylic acids is 2. The molecule has 2 aliphatic rings. The van der Waals surface area contributed by atoms with Gasteiger partial charge in [0.05, 0.1) is 18.5 Å². The van der Waals surface area contributed by atoms with Crippen LogP contribution in [-0.4, -0.2) is 63.1 Å². The van der Waals surface area contributed by atoms with Crippen LogP contribution in [0.25, 0.3) is 0 Å². The van der Waals surface area contributed by atoms with Gasteiger partial charge in [0.2, 0.25) is 11.8 Å². The molecule has 2 aliphatic heterocycles. The molecule has 2 N–H and O–H groups in total. The molecule has 1 aromatic heterocycles. The third-order valence-corrected chi connectivity index (χ3v) is 5.62. The Morgan fingerprint density at radius 3 is 2.80 bits per heavy atom. The highest BCUT2D eigenvalue weighted by Crippen LogP contribution is 2.24. The summed E-state index contributed by atoms with van der Waals surface area (Å²) in [6.07, 6.45) is 8.80. The van der Waals surface area contributed by atoms with Gasteiger partial charge in [-0.1, -0.05) is 6.42 Å². The van der Waals surface area contributed by atoms with Crippen molar-refractivity contribution in [3.8, 4) is 0 Å². The van der Waals surface area contributed by atoms with Gasteiger partial charge in [0.1, 0.15) is 0 Å². The number of hydrogen-bond donors (Lipinski definition) is 1. The monoisotopic (exact) mass is 347 g/mol. The number of primary amides is 1. The topological polar surface area (TPSA) is 84.5 Å². The van der Waals surface area contributed by atoms with Gasteiger partial charge in [-0.2, -0.15) is 5.10 Å². The minimum atomic E-state index is -0.292. The largest absolute Gasteiger partial charge is 0.369 e. The summed E-state index contributed by atoms with van der Waals surface area (Å²) < 4.78 is 1.95. The van der Waals surface area contributed by atoms with Crippen LogP contribution in [0.2, 0.25) is 0 Å². The minimum absolute atomic E-state index is 0.123. The molecular weight excluding hydrogens is 318 g/mol. The van der Waals surface area contributed by atoms with Crippen molar-refractivity contribution in [2.45, 2.75) is 57.7 Å². The van der Waals surface area contributed by atoms with Crippen LogP contribution in [0.4, 0.5) is 0 Å².